The first-order valence-corrected chi connectivity index (χ1v) is 15.7. The SMILES string of the molecule is C[C@H](OC(=O)[C@H](Cc1ccccc1)N1C(=O)[C@@H]2[C@H](C1=O)C1(Cl)c3ccccc3C2(Cl)c2ccccc21)C(=O)c1ccc(Cl)cc1. The zero-order chi connectivity index (χ0) is 31.7. The molecule has 1 fully saturated rings. The van der Waals surface area contributed by atoms with Crippen molar-refractivity contribution in [3.05, 3.63) is 142 Å². The predicted molar refractivity (Wildman–Crippen MR) is 170 cm³/mol. The van der Waals surface area contributed by atoms with Crippen molar-refractivity contribution < 1.29 is 23.9 Å². The first kappa shape index (κ1) is 29.7. The van der Waals surface area contributed by atoms with E-state index in [4.69, 9.17) is 39.5 Å². The summed E-state index contributed by atoms with van der Waals surface area (Å²) in [7, 11) is 0. The molecule has 0 aromatic heterocycles. The monoisotopic (exact) mass is 657 g/mol. The van der Waals surface area contributed by atoms with Gasteiger partial charge in [-0.15, -0.1) is 23.2 Å². The van der Waals surface area contributed by atoms with Crippen LogP contribution in [0.25, 0.3) is 0 Å². The molecule has 0 radical (unpaired) electrons. The lowest BCUT2D eigenvalue weighted by Crippen LogP contribution is -2.57. The number of amides is 2. The molecule has 4 aromatic rings. The van der Waals surface area contributed by atoms with Gasteiger partial charge >= 0.3 is 5.97 Å². The normalized spacial score (nSPS) is 25.6. The third kappa shape index (κ3) is 4.30. The van der Waals surface area contributed by atoms with Crippen molar-refractivity contribution in [2.24, 2.45) is 11.8 Å². The smallest absolute Gasteiger partial charge is 0.330 e. The van der Waals surface area contributed by atoms with Crippen molar-refractivity contribution in [1.82, 2.24) is 4.90 Å². The third-order valence-corrected chi connectivity index (χ3v) is 10.8. The molecule has 45 heavy (non-hydrogen) atoms. The Balaban J connectivity index is 1.30. The quantitative estimate of drug-likeness (QED) is 0.0961. The molecule has 0 unspecified atom stereocenters. The summed E-state index contributed by atoms with van der Waals surface area (Å²) in [6.07, 6.45) is -1.22. The van der Waals surface area contributed by atoms with Crippen LogP contribution in [0, 0.1) is 11.8 Å². The van der Waals surface area contributed by atoms with Gasteiger partial charge in [-0.25, -0.2) is 4.79 Å². The van der Waals surface area contributed by atoms with Gasteiger partial charge in [0.15, 0.2) is 6.10 Å². The molecule has 0 spiro atoms. The summed E-state index contributed by atoms with van der Waals surface area (Å²) in [5, 5.41) is 0.457. The van der Waals surface area contributed by atoms with E-state index in [0.717, 1.165) is 4.90 Å². The van der Waals surface area contributed by atoms with Crippen LogP contribution in [0.1, 0.15) is 45.1 Å². The number of rotatable bonds is 7. The van der Waals surface area contributed by atoms with Crippen molar-refractivity contribution in [3.63, 3.8) is 0 Å². The second-order valence-electron chi connectivity index (χ2n) is 11.7. The molecule has 2 amide bonds. The number of benzene rings is 4. The Bertz CT molecular complexity index is 1750. The van der Waals surface area contributed by atoms with E-state index in [0.29, 0.717) is 38.4 Å². The fourth-order valence-electron chi connectivity index (χ4n) is 7.27. The minimum absolute atomic E-state index is 0.0249. The van der Waals surface area contributed by atoms with Gasteiger partial charge in [0.25, 0.3) is 0 Å². The van der Waals surface area contributed by atoms with Crippen molar-refractivity contribution in [1.29, 1.82) is 0 Å². The predicted octanol–water partition coefficient (Wildman–Crippen LogP) is 6.66. The zero-order valence-electron chi connectivity index (χ0n) is 24.0. The van der Waals surface area contributed by atoms with E-state index in [1.165, 1.54) is 6.92 Å². The molecule has 0 N–H and O–H groups in total. The molecule has 3 aliphatic carbocycles. The number of nitrogens with zero attached hydrogens (tertiary/aromatic N) is 1. The number of hydrogen-bond acceptors (Lipinski definition) is 5. The topological polar surface area (TPSA) is 80.8 Å². The average molecular weight is 659 g/mol. The maximum atomic E-state index is 14.6. The zero-order valence-corrected chi connectivity index (χ0v) is 26.2. The molecule has 226 valence electrons. The lowest BCUT2D eigenvalue weighted by atomic mass is 9.54. The number of ketones is 1. The maximum absolute atomic E-state index is 14.6. The van der Waals surface area contributed by atoms with E-state index in [1.807, 2.05) is 54.6 Å². The highest BCUT2D eigenvalue weighted by Gasteiger charge is 2.73. The summed E-state index contributed by atoms with van der Waals surface area (Å²) in [6.45, 7) is 1.46. The number of imide groups is 1. The van der Waals surface area contributed by atoms with Gasteiger partial charge < -0.3 is 4.74 Å². The Labute approximate surface area is 274 Å². The largest absolute Gasteiger partial charge is 0.453 e. The Morgan fingerprint density at radius 1 is 0.733 bits per heavy atom. The summed E-state index contributed by atoms with van der Waals surface area (Å²) >= 11 is 21.1. The van der Waals surface area contributed by atoms with Crippen LogP contribution in [-0.2, 0) is 35.3 Å². The second-order valence-corrected chi connectivity index (χ2v) is 13.3. The van der Waals surface area contributed by atoms with Gasteiger partial charge in [0.2, 0.25) is 17.6 Å². The molecule has 1 saturated heterocycles. The van der Waals surface area contributed by atoms with Gasteiger partial charge in [0.1, 0.15) is 15.8 Å². The lowest BCUT2D eigenvalue weighted by Gasteiger charge is -2.54. The van der Waals surface area contributed by atoms with E-state index < -0.39 is 57.3 Å². The van der Waals surface area contributed by atoms with Crippen LogP contribution in [-0.4, -0.2) is 40.6 Å². The summed E-state index contributed by atoms with van der Waals surface area (Å²) in [6, 6.07) is 28.5. The van der Waals surface area contributed by atoms with E-state index in [1.54, 1.807) is 48.5 Å². The number of esters is 1. The first-order valence-electron chi connectivity index (χ1n) is 14.6. The summed E-state index contributed by atoms with van der Waals surface area (Å²) < 4.78 is 5.70. The summed E-state index contributed by atoms with van der Waals surface area (Å²) in [4.78, 5) is 54.5. The molecule has 1 aliphatic heterocycles. The van der Waals surface area contributed by atoms with Gasteiger partial charge in [-0.3, -0.25) is 19.3 Å². The van der Waals surface area contributed by atoms with E-state index in [2.05, 4.69) is 0 Å². The van der Waals surface area contributed by atoms with Crippen molar-refractivity contribution in [2.75, 3.05) is 0 Å². The average Bonchev–Trinajstić information content (AvgIpc) is 3.33. The van der Waals surface area contributed by atoms with Crippen molar-refractivity contribution in [3.8, 4) is 0 Å². The molecule has 0 saturated carbocycles. The molecular weight excluding hydrogens is 633 g/mol. The van der Waals surface area contributed by atoms with Gasteiger partial charge in [0, 0.05) is 17.0 Å². The second kappa shape index (κ2) is 10.8. The Morgan fingerprint density at radius 3 is 1.64 bits per heavy atom. The molecule has 4 atom stereocenters. The van der Waals surface area contributed by atoms with Crippen LogP contribution in [0.4, 0.5) is 0 Å². The number of halogens is 3. The minimum atomic E-state index is -1.39. The van der Waals surface area contributed by atoms with Crippen LogP contribution in [0.3, 0.4) is 0 Å². The maximum Gasteiger partial charge on any atom is 0.330 e. The van der Waals surface area contributed by atoms with Gasteiger partial charge in [-0.2, -0.15) is 0 Å². The molecular formula is C36H26Cl3NO5. The molecule has 9 heteroatoms. The van der Waals surface area contributed by atoms with E-state index in [-0.39, 0.29) is 6.42 Å². The van der Waals surface area contributed by atoms with Crippen LogP contribution in [0.2, 0.25) is 5.02 Å². The number of ether oxygens (including phenoxy) is 1. The summed E-state index contributed by atoms with van der Waals surface area (Å²) in [5.74, 6) is -4.70. The lowest BCUT2D eigenvalue weighted by molar-refractivity contribution is -0.160. The first-order chi connectivity index (χ1) is 21.6. The standard InChI is InChI=1S/C36H26Cl3NO5/c1-20(31(41)22-15-17-23(37)18-16-22)45-34(44)28(19-21-9-3-2-4-10-21)40-32(42)29-30(33(40)43)36(39)25-12-6-5-11-24(25)35(29,38)26-13-7-8-14-27(26)36/h2-18,20,28-30H,19H2,1H3/t20-,28-,29-,30+,35?,36?/m0/s1. The number of Topliss-reactive ketones (excluding diaryl/α,β-unsaturated/α-hetero) is 1. The third-order valence-electron chi connectivity index (χ3n) is 9.27. The molecule has 4 aliphatic rings. The highest BCUT2D eigenvalue weighted by Crippen LogP contribution is 2.69. The van der Waals surface area contributed by atoms with Gasteiger partial charge in [-0.1, -0.05) is 90.5 Å². The Morgan fingerprint density at radius 2 is 1.18 bits per heavy atom. The molecule has 2 bridgehead atoms. The molecule has 1 heterocycles. The summed E-state index contributed by atoms with van der Waals surface area (Å²) in [5.41, 5.74) is 3.65. The van der Waals surface area contributed by atoms with Crippen LogP contribution in [0.5, 0.6) is 0 Å². The van der Waals surface area contributed by atoms with E-state index in [9.17, 15) is 19.2 Å². The highest BCUT2D eigenvalue weighted by molar-refractivity contribution is 6.36. The molecule has 4 aromatic carbocycles. The fraction of sp³-hybridized carbons (Fsp3) is 0.222. The number of likely N-dealkylation sites (tertiary alicyclic amines) is 1. The minimum Gasteiger partial charge on any atom is -0.453 e. The Hall–Kier alpha value is -3.97. The fourth-order valence-corrected chi connectivity index (χ4v) is 8.49. The van der Waals surface area contributed by atoms with Crippen molar-refractivity contribution >= 4 is 58.4 Å². The number of hydrogen-bond donors (Lipinski definition) is 0. The van der Waals surface area contributed by atoms with Crippen LogP contribution in [0.15, 0.2) is 103 Å². The van der Waals surface area contributed by atoms with E-state index >= 15 is 0 Å². The van der Waals surface area contributed by atoms with Gasteiger partial charge in [0.05, 0.1) is 11.8 Å². The molecule has 6 nitrogen and oxygen atoms in total. The van der Waals surface area contributed by atoms with Crippen LogP contribution >= 0.6 is 34.8 Å². The molecule has 8 rings (SSSR count). The Kier molecular flexibility index (Phi) is 7.16. The van der Waals surface area contributed by atoms with Crippen molar-refractivity contribution in [2.45, 2.75) is 35.2 Å². The highest BCUT2D eigenvalue weighted by atomic mass is 35.5. The van der Waals surface area contributed by atoms with Gasteiger partial charge in [-0.05, 0) is 59.0 Å². The van der Waals surface area contributed by atoms with Crippen LogP contribution < -0.4 is 0 Å². The number of alkyl halides is 2. The number of carbonyl (C=O) groups excluding carboxylic acids is 4. The number of carbonyl (C=O) groups is 4.